The first-order valence-corrected chi connectivity index (χ1v) is 7.07. The van der Waals surface area contributed by atoms with Crippen molar-refractivity contribution in [3.05, 3.63) is 34.9 Å². The highest BCUT2D eigenvalue weighted by Crippen LogP contribution is 2.26. The van der Waals surface area contributed by atoms with E-state index in [0.29, 0.717) is 0 Å². The van der Waals surface area contributed by atoms with E-state index in [1.165, 1.54) is 16.7 Å². The van der Waals surface area contributed by atoms with Crippen molar-refractivity contribution in [2.75, 3.05) is 39.9 Å². The molecule has 0 unspecified atom stereocenters. The number of nitrogens with two attached hydrogens (primary N) is 1. The van der Waals surface area contributed by atoms with E-state index >= 15 is 0 Å². The second kappa shape index (κ2) is 6.04. The third-order valence-corrected chi connectivity index (χ3v) is 4.12. The summed E-state index contributed by atoms with van der Waals surface area (Å²) in [4.78, 5) is 2.39. The highest BCUT2D eigenvalue weighted by atomic mass is 16.5. The number of likely N-dealkylation sites (N-methyl/N-ethyl adjacent to an activating group) is 1. The molecule has 106 valence electrons. The molecule has 1 aliphatic heterocycles. The quantitative estimate of drug-likeness (QED) is 0.849. The maximum absolute atomic E-state index is 5.86. The summed E-state index contributed by atoms with van der Waals surface area (Å²) in [6, 6.07) is 6.69. The Morgan fingerprint density at radius 1 is 1.32 bits per heavy atom. The van der Waals surface area contributed by atoms with Gasteiger partial charge in [0.15, 0.2) is 0 Å². The lowest BCUT2D eigenvalue weighted by molar-refractivity contribution is -0.117. The molecule has 19 heavy (non-hydrogen) atoms. The fourth-order valence-electron chi connectivity index (χ4n) is 2.70. The van der Waals surface area contributed by atoms with Gasteiger partial charge in [-0.3, -0.25) is 0 Å². The van der Waals surface area contributed by atoms with Crippen LogP contribution in [0.25, 0.3) is 0 Å². The van der Waals surface area contributed by atoms with Crippen molar-refractivity contribution >= 4 is 0 Å². The third-order valence-electron chi connectivity index (χ3n) is 4.12. The lowest BCUT2D eigenvalue weighted by Crippen LogP contribution is -2.54. The molecule has 1 aromatic carbocycles. The molecule has 1 aromatic rings. The average molecular weight is 262 g/mol. The number of aryl methyl sites for hydroxylation is 2. The Hall–Kier alpha value is -0.900. The van der Waals surface area contributed by atoms with Crippen molar-refractivity contribution in [1.82, 2.24) is 4.90 Å². The standard InChI is InChI=1S/C16H26N2O/c1-13-4-5-14(2)15(8-13)6-7-18(3)10-16(9-17)11-19-12-16/h4-5,8H,6-7,9-12,17H2,1-3H3. The van der Waals surface area contributed by atoms with Gasteiger partial charge in [0.2, 0.25) is 0 Å². The second-order valence-corrected chi connectivity index (χ2v) is 6.11. The Morgan fingerprint density at radius 2 is 2.05 bits per heavy atom. The molecule has 1 aliphatic rings. The van der Waals surface area contributed by atoms with Crippen LogP contribution in [0.4, 0.5) is 0 Å². The number of nitrogens with zero attached hydrogens (tertiary/aromatic N) is 1. The van der Waals surface area contributed by atoms with Gasteiger partial charge < -0.3 is 15.4 Å². The van der Waals surface area contributed by atoms with E-state index in [1.807, 2.05) is 0 Å². The van der Waals surface area contributed by atoms with E-state index in [1.54, 1.807) is 0 Å². The van der Waals surface area contributed by atoms with Crippen molar-refractivity contribution in [2.24, 2.45) is 11.1 Å². The van der Waals surface area contributed by atoms with Gasteiger partial charge in [0.25, 0.3) is 0 Å². The molecular formula is C16H26N2O. The van der Waals surface area contributed by atoms with Crippen molar-refractivity contribution in [3.8, 4) is 0 Å². The summed E-state index contributed by atoms with van der Waals surface area (Å²) in [7, 11) is 2.18. The molecule has 3 nitrogen and oxygen atoms in total. The van der Waals surface area contributed by atoms with Gasteiger partial charge in [0.1, 0.15) is 0 Å². The molecule has 0 radical (unpaired) electrons. The minimum Gasteiger partial charge on any atom is -0.380 e. The zero-order valence-corrected chi connectivity index (χ0v) is 12.4. The number of benzene rings is 1. The van der Waals surface area contributed by atoms with E-state index in [-0.39, 0.29) is 5.41 Å². The van der Waals surface area contributed by atoms with Gasteiger partial charge in [-0.15, -0.1) is 0 Å². The molecule has 1 heterocycles. The normalized spacial score (nSPS) is 17.5. The topological polar surface area (TPSA) is 38.5 Å². The second-order valence-electron chi connectivity index (χ2n) is 6.11. The van der Waals surface area contributed by atoms with E-state index in [0.717, 1.165) is 39.3 Å². The van der Waals surface area contributed by atoms with Crippen molar-refractivity contribution < 1.29 is 4.74 Å². The predicted octanol–water partition coefficient (Wildman–Crippen LogP) is 1.75. The molecule has 2 rings (SSSR count). The van der Waals surface area contributed by atoms with Crippen molar-refractivity contribution in [3.63, 3.8) is 0 Å². The summed E-state index contributed by atoms with van der Waals surface area (Å²) in [5.74, 6) is 0. The van der Waals surface area contributed by atoms with E-state index in [9.17, 15) is 0 Å². The van der Waals surface area contributed by atoms with Crippen LogP contribution in [0, 0.1) is 19.3 Å². The molecule has 0 saturated carbocycles. The van der Waals surface area contributed by atoms with Crippen LogP contribution in [-0.4, -0.2) is 44.8 Å². The largest absolute Gasteiger partial charge is 0.380 e. The lowest BCUT2D eigenvalue weighted by atomic mass is 9.85. The summed E-state index contributed by atoms with van der Waals surface area (Å²) in [6.45, 7) is 8.81. The fourth-order valence-corrected chi connectivity index (χ4v) is 2.70. The number of ether oxygens (including phenoxy) is 1. The van der Waals surface area contributed by atoms with Crippen molar-refractivity contribution in [2.45, 2.75) is 20.3 Å². The summed E-state index contributed by atoms with van der Waals surface area (Å²) >= 11 is 0. The van der Waals surface area contributed by atoms with Gasteiger partial charge in [-0.1, -0.05) is 23.8 Å². The summed E-state index contributed by atoms with van der Waals surface area (Å²) < 4.78 is 5.32. The SMILES string of the molecule is Cc1ccc(C)c(CCN(C)CC2(CN)COC2)c1. The van der Waals surface area contributed by atoms with Gasteiger partial charge in [-0.2, -0.15) is 0 Å². The van der Waals surface area contributed by atoms with Crippen LogP contribution < -0.4 is 5.73 Å². The summed E-state index contributed by atoms with van der Waals surface area (Å²) in [5.41, 5.74) is 10.3. The zero-order chi connectivity index (χ0) is 13.9. The molecule has 1 saturated heterocycles. The predicted molar refractivity (Wildman–Crippen MR) is 79.4 cm³/mol. The van der Waals surface area contributed by atoms with E-state index in [2.05, 4.69) is 44.0 Å². The number of hydrogen-bond acceptors (Lipinski definition) is 3. The number of rotatable bonds is 6. The smallest absolute Gasteiger partial charge is 0.0569 e. The first-order chi connectivity index (χ1) is 9.04. The molecular weight excluding hydrogens is 236 g/mol. The van der Waals surface area contributed by atoms with Crippen LogP contribution in [-0.2, 0) is 11.2 Å². The van der Waals surface area contributed by atoms with Gasteiger partial charge in [0.05, 0.1) is 13.2 Å². The average Bonchev–Trinajstić information content (AvgIpc) is 2.35. The summed E-state index contributed by atoms with van der Waals surface area (Å²) in [6.07, 6.45) is 1.10. The lowest BCUT2D eigenvalue weighted by Gasteiger charge is -2.43. The minimum atomic E-state index is 0.205. The molecule has 0 aromatic heterocycles. The highest BCUT2D eigenvalue weighted by molar-refractivity contribution is 5.30. The van der Waals surface area contributed by atoms with Gasteiger partial charge in [0, 0.05) is 25.0 Å². The van der Waals surface area contributed by atoms with Crippen LogP contribution in [0.15, 0.2) is 18.2 Å². The van der Waals surface area contributed by atoms with Crippen LogP contribution in [0.1, 0.15) is 16.7 Å². The third kappa shape index (κ3) is 3.56. The minimum absolute atomic E-state index is 0.205. The van der Waals surface area contributed by atoms with Crippen LogP contribution in [0.2, 0.25) is 0 Å². The Labute approximate surface area is 116 Å². The van der Waals surface area contributed by atoms with Crippen LogP contribution in [0.3, 0.4) is 0 Å². The van der Waals surface area contributed by atoms with Gasteiger partial charge >= 0.3 is 0 Å². The van der Waals surface area contributed by atoms with Gasteiger partial charge in [-0.05, 0) is 38.4 Å². The van der Waals surface area contributed by atoms with Crippen molar-refractivity contribution in [1.29, 1.82) is 0 Å². The van der Waals surface area contributed by atoms with Crippen LogP contribution in [0.5, 0.6) is 0 Å². The molecule has 0 aliphatic carbocycles. The Kier molecular flexibility index (Phi) is 4.61. The molecule has 0 atom stereocenters. The molecule has 2 N–H and O–H groups in total. The maximum atomic E-state index is 5.86. The highest BCUT2D eigenvalue weighted by Gasteiger charge is 2.37. The monoisotopic (exact) mass is 262 g/mol. The first kappa shape index (κ1) is 14.5. The fraction of sp³-hybridized carbons (Fsp3) is 0.625. The Morgan fingerprint density at radius 3 is 2.63 bits per heavy atom. The zero-order valence-electron chi connectivity index (χ0n) is 12.4. The molecule has 0 bridgehead atoms. The molecule has 3 heteroatoms. The van der Waals surface area contributed by atoms with Gasteiger partial charge in [-0.25, -0.2) is 0 Å². The Balaban J connectivity index is 1.86. The molecule has 0 spiro atoms. The number of hydrogen-bond donors (Lipinski definition) is 1. The first-order valence-electron chi connectivity index (χ1n) is 7.07. The Bertz CT molecular complexity index is 421. The van der Waals surface area contributed by atoms with Crippen LogP contribution >= 0.6 is 0 Å². The van der Waals surface area contributed by atoms with E-state index in [4.69, 9.17) is 10.5 Å². The molecule has 1 fully saturated rings. The molecule has 0 amide bonds. The maximum Gasteiger partial charge on any atom is 0.0569 e. The van der Waals surface area contributed by atoms with E-state index < -0.39 is 0 Å². The summed E-state index contributed by atoms with van der Waals surface area (Å²) in [5, 5.41) is 0.